The van der Waals surface area contributed by atoms with E-state index in [0.29, 0.717) is 17.8 Å². The molecule has 2 heterocycles. The molecular formula is C20H29N5O3. The van der Waals surface area contributed by atoms with E-state index in [1.165, 1.54) is 25.5 Å². The van der Waals surface area contributed by atoms with Crippen molar-refractivity contribution < 1.29 is 9.72 Å². The molecular weight excluding hydrogens is 358 g/mol. The minimum Gasteiger partial charge on any atom is -0.348 e. The SMILES string of the molecule is CN1CCC(NC(=O)c2nn(C34CC5CC(CC(C5)C3)C4)cc2[N+](=O)[O-])CC1. The molecule has 4 aliphatic carbocycles. The number of hydrogen-bond acceptors (Lipinski definition) is 5. The lowest BCUT2D eigenvalue weighted by atomic mass is 9.53. The standard InChI is InChI=1S/C20H29N5O3/c1-23-4-2-16(3-5-23)21-19(26)18-17(25(27)28)12-24(22-18)20-9-13-6-14(10-20)8-15(7-13)11-20/h12-16H,2-11H2,1H3,(H,21,26). The number of rotatable bonds is 4. The second-order valence-electron chi connectivity index (χ2n) is 9.76. The number of amides is 1. The Morgan fingerprint density at radius 1 is 1.18 bits per heavy atom. The molecule has 1 N–H and O–H groups in total. The van der Waals surface area contributed by atoms with E-state index >= 15 is 0 Å². The van der Waals surface area contributed by atoms with Crippen LogP contribution >= 0.6 is 0 Å². The molecule has 4 bridgehead atoms. The van der Waals surface area contributed by atoms with Gasteiger partial charge >= 0.3 is 5.69 Å². The molecule has 1 aromatic heterocycles. The van der Waals surface area contributed by atoms with Crippen LogP contribution in [-0.4, -0.2) is 51.7 Å². The van der Waals surface area contributed by atoms with Crippen molar-refractivity contribution >= 4 is 11.6 Å². The predicted molar refractivity (Wildman–Crippen MR) is 103 cm³/mol. The third-order valence-electron chi connectivity index (χ3n) is 7.65. The number of nitrogens with one attached hydrogen (secondary N) is 1. The first-order valence-corrected chi connectivity index (χ1v) is 10.7. The fourth-order valence-corrected chi connectivity index (χ4v) is 6.66. The Morgan fingerprint density at radius 2 is 1.75 bits per heavy atom. The highest BCUT2D eigenvalue weighted by molar-refractivity contribution is 5.96. The zero-order valence-electron chi connectivity index (χ0n) is 16.5. The quantitative estimate of drug-likeness (QED) is 0.633. The minimum absolute atomic E-state index is 0.0142. The monoisotopic (exact) mass is 387 g/mol. The summed E-state index contributed by atoms with van der Waals surface area (Å²) in [5, 5.41) is 19.2. The minimum atomic E-state index is -0.451. The number of nitro groups is 1. The van der Waals surface area contributed by atoms with Gasteiger partial charge in [-0.05, 0) is 89.3 Å². The third-order valence-corrected chi connectivity index (χ3v) is 7.65. The van der Waals surface area contributed by atoms with E-state index in [4.69, 9.17) is 0 Å². The van der Waals surface area contributed by atoms with Crippen LogP contribution in [0.15, 0.2) is 6.20 Å². The van der Waals surface area contributed by atoms with Gasteiger partial charge in [0.2, 0.25) is 5.69 Å². The van der Waals surface area contributed by atoms with E-state index in [2.05, 4.69) is 22.4 Å². The van der Waals surface area contributed by atoms with Crippen LogP contribution in [0.5, 0.6) is 0 Å². The Hall–Kier alpha value is -1.96. The first-order chi connectivity index (χ1) is 13.4. The molecule has 28 heavy (non-hydrogen) atoms. The summed E-state index contributed by atoms with van der Waals surface area (Å²) in [7, 11) is 2.07. The molecule has 5 aliphatic rings. The average Bonchev–Trinajstić information content (AvgIpc) is 3.09. The van der Waals surface area contributed by atoms with Crippen LogP contribution in [0.3, 0.4) is 0 Å². The van der Waals surface area contributed by atoms with Crippen molar-refractivity contribution in [2.75, 3.05) is 20.1 Å². The summed E-state index contributed by atoms with van der Waals surface area (Å²) in [6, 6.07) is 0.0630. The molecule has 0 aromatic carbocycles. The van der Waals surface area contributed by atoms with Gasteiger partial charge in [0.25, 0.3) is 5.91 Å². The predicted octanol–water partition coefficient (Wildman–Crippen LogP) is 2.54. The summed E-state index contributed by atoms with van der Waals surface area (Å²) in [6.45, 7) is 1.85. The van der Waals surface area contributed by atoms with Crippen LogP contribution in [0.4, 0.5) is 5.69 Å². The molecule has 0 spiro atoms. The Bertz CT molecular complexity index is 760. The second-order valence-corrected chi connectivity index (χ2v) is 9.76. The van der Waals surface area contributed by atoms with Gasteiger partial charge in [0.15, 0.2) is 0 Å². The van der Waals surface area contributed by atoms with Gasteiger partial charge in [0.05, 0.1) is 10.5 Å². The van der Waals surface area contributed by atoms with Gasteiger partial charge in [-0.1, -0.05) is 0 Å². The first kappa shape index (κ1) is 18.1. The highest BCUT2D eigenvalue weighted by Gasteiger charge is 2.53. The Morgan fingerprint density at radius 3 is 2.29 bits per heavy atom. The van der Waals surface area contributed by atoms with Crippen molar-refractivity contribution in [1.29, 1.82) is 0 Å². The van der Waals surface area contributed by atoms with Gasteiger partial charge in [0.1, 0.15) is 6.20 Å². The van der Waals surface area contributed by atoms with E-state index in [9.17, 15) is 14.9 Å². The largest absolute Gasteiger partial charge is 0.348 e. The number of carbonyl (C=O) groups excluding carboxylic acids is 1. The molecule has 1 aliphatic heterocycles. The van der Waals surface area contributed by atoms with Crippen LogP contribution in [-0.2, 0) is 5.54 Å². The molecule has 4 saturated carbocycles. The van der Waals surface area contributed by atoms with E-state index in [-0.39, 0.29) is 23.0 Å². The molecule has 1 aromatic rings. The van der Waals surface area contributed by atoms with Gasteiger partial charge in [0, 0.05) is 6.04 Å². The fourth-order valence-electron chi connectivity index (χ4n) is 6.66. The van der Waals surface area contributed by atoms with Gasteiger partial charge < -0.3 is 10.2 Å². The summed E-state index contributed by atoms with van der Waals surface area (Å²) in [5.74, 6) is 1.74. The smallest absolute Gasteiger partial charge is 0.320 e. The van der Waals surface area contributed by atoms with E-state index < -0.39 is 10.8 Å². The van der Waals surface area contributed by atoms with Gasteiger partial charge in [-0.25, -0.2) is 0 Å². The van der Waals surface area contributed by atoms with Crippen molar-refractivity contribution in [2.45, 2.75) is 62.9 Å². The van der Waals surface area contributed by atoms with Crippen molar-refractivity contribution in [2.24, 2.45) is 17.8 Å². The number of piperidine rings is 1. The number of aromatic nitrogens is 2. The normalized spacial score (nSPS) is 35.2. The number of nitrogens with zero attached hydrogens (tertiary/aromatic N) is 4. The first-order valence-electron chi connectivity index (χ1n) is 10.7. The maximum Gasteiger partial charge on any atom is 0.320 e. The highest BCUT2D eigenvalue weighted by atomic mass is 16.6. The lowest BCUT2D eigenvalue weighted by Crippen LogP contribution is -2.52. The Kier molecular flexibility index (Phi) is 4.23. The Labute approximate surface area is 164 Å². The van der Waals surface area contributed by atoms with Crippen molar-refractivity contribution in [3.8, 4) is 0 Å². The van der Waals surface area contributed by atoms with E-state index in [1.807, 2.05) is 4.68 Å². The lowest BCUT2D eigenvalue weighted by molar-refractivity contribution is -0.385. The molecule has 0 radical (unpaired) electrons. The summed E-state index contributed by atoms with van der Waals surface area (Å²) in [5.41, 5.74) is -0.285. The fraction of sp³-hybridized carbons (Fsp3) is 0.800. The molecule has 5 fully saturated rings. The molecule has 8 nitrogen and oxygen atoms in total. The maximum atomic E-state index is 12.9. The van der Waals surface area contributed by atoms with Gasteiger partial charge in [-0.3, -0.25) is 19.6 Å². The average molecular weight is 387 g/mol. The summed E-state index contributed by atoms with van der Waals surface area (Å²) in [4.78, 5) is 26.3. The summed E-state index contributed by atoms with van der Waals surface area (Å²) < 4.78 is 1.82. The van der Waals surface area contributed by atoms with Crippen LogP contribution in [0.2, 0.25) is 0 Å². The lowest BCUT2D eigenvalue weighted by Gasteiger charge is -2.56. The van der Waals surface area contributed by atoms with Gasteiger partial charge in [-0.2, -0.15) is 5.10 Å². The van der Waals surface area contributed by atoms with Crippen LogP contribution in [0.25, 0.3) is 0 Å². The Balaban J connectivity index is 1.41. The number of likely N-dealkylation sites (tertiary alicyclic amines) is 1. The zero-order chi connectivity index (χ0) is 19.5. The summed E-state index contributed by atoms with van der Waals surface area (Å²) >= 11 is 0. The molecule has 0 unspecified atom stereocenters. The van der Waals surface area contributed by atoms with Crippen molar-refractivity contribution in [3.63, 3.8) is 0 Å². The van der Waals surface area contributed by atoms with E-state index in [1.54, 1.807) is 0 Å². The molecule has 1 saturated heterocycles. The van der Waals surface area contributed by atoms with Crippen molar-refractivity contribution in [1.82, 2.24) is 20.0 Å². The highest BCUT2D eigenvalue weighted by Crippen LogP contribution is 2.58. The van der Waals surface area contributed by atoms with Crippen LogP contribution in [0, 0.1) is 27.9 Å². The summed E-state index contributed by atoms with van der Waals surface area (Å²) in [6.07, 6.45) is 10.3. The molecule has 152 valence electrons. The second kappa shape index (κ2) is 6.54. The van der Waals surface area contributed by atoms with Crippen LogP contribution < -0.4 is 5.32 Å². The van der Waals surface area contributed by atoms with Gasteiger partial charge in [-0.15, -0.1) is 0 Å². The number of hydrogen-bond donors (Lipinski definition) is 1. The molecule has 0 atom stereocenters. The molecule has 8 heteroatoms. The molecule has 6 rings (SSSR count). The number of carbonyl (C=O) groups is 1. The van der Waals surface area contributed by atoms with Crippen molar-refractivity contribution in [3.05, 3.63) is 22.0 Å². The zero-order valence-corrected chi connectivity index (χ0v) is 16.5. The third kappa shape index (κ3) is 3.02. The maximum absolute atomic E-state index is 12.9. The van der Waals surface area contributed by atoms with Crippen LogP contribution in [0.1, 0.15) is 61.9 Å². The van der Waals surface area contributed by atoms with E-state index in [0.717, 1.165) is 45.2 Å². The topological polar surface area (TPSA) is 93.3 Å². The molecule has 1 amide bonds.